The number of carbonyl (C=O) groups is 1. The van der Waals surface area contributed by atoms with Crippen LogP contribution in [0.3, 0.4) is 0 Å². The van der Waals surface area contributed by atoms with E-state index in [0.29, 0.717) is 28.7 Å². The standard InChI is InChI=1S/C21H22ClFN4O3/c1-4-27-16-9-8-12(10-15(16)25-20(29)21(27)30)19(28)24-11-17(26(2)3)18-13(22)6-5-7-14(18)23/h5-10,17H,4,11H2,1-3H3,(H,24,28)(H,25,29)/t17-/m1/s1. The maximum absolute atomic E-state index is 14.3. The first-order valence-corrected chi connectivity index (χ1v) is 9.77. The highest BCUT2D eigenvalue weighted by Crippen LogP contribution is 2.28. The van der Waals surface area contributed by atoms with E-state index in [9.17, 15) is 18.8 Å². The molecule has 3 aromatic rings. The normalized spacial score (nSPS) is 12.3. The van der Waals surface area contributed by atoms with Gasteiger partial charge < -0.3 is 19.8 Å². The van der Waals surface area contributed by atoms with E-state index in [-0.39, 0.29) is 11.6 Å². The van der Waals surface area contributed by atoms with Crippen molar-refractivity contribution in [2.45, 2.75) is 19.5 Å². The van der Waals surface area contributed by atoms with E-state index in [4.69, 9.17) is 11.6 Å². The highest BCUT2D eigenvalue weighted by Gasteiger charge is 2.22. The van der Waals surface area contributed by atoms with Crippen molar-refractivity contribution in [3.05, 3.63) is 79.1 Å². The number of amides is 1. The van der Waals surface area contributed by atoms with Crippen molar-refractivity contribution in [1.82, 2.24) is 19.8 Å². The van der Waals surface area contributed by atoms with Crippen LogP contribution >= 0.6 is 11.6 Å². The van der Waals surface area contributed by atoms with Gasteiger partial charge in [-0.15, -0.1) is 0 Å². The molecule has 30 heavy (non-hydrogen) atoms. The van der Waals surface area contributed by atoms with Crippen LogP contribution < -0.4 is 16.4 Å². The molecule has 0 unspecified atom stereocenters. The molecule has 0 fully saturated rings. The lowest BCUT2D eigenvalue weighted by molar-refractivity contribution is 0.0941. The van der Waals surface area contributed by atoms with Crippen molar-refractivity contribution in [3.63, 3.8) is 0 Å². The zero-order valence-corrected chi connectivity index (χ0v) is 17.6. The largest absolute Gasteiger partial charge is 0.350 e. The SMILES string of the molecule is CCn1c(=O)c(=O)[nH]c2cc(C(=O)NC[C@H](c3c(F)cccc3Cl)N(C)C)ccc21. The Bertz CT molecular complexity index is 1200. The molecule has 1 heterocycles. The molecule has 0 saturated heterocycles. The van der Waals surface area contributed by atoms with Gasteiger partial charge in [-0.25, -0.2) is 4.39 Å². The topological polar surface area (TPSA) is 87.2 Å². The molecule has 158 valence electrons. The Labute approximate surface area is 177 Å². The lowest BCUT2D eigenvalue weighted by atomic mass is 10.0. The molecule has 9 heteroatoms. The van der Waals surface area contributed by atoms with Crippen LogP contribution in [0.1, 0.15) is 28.9 Å². The molecule has 1 atom stereocenters. The smallest absolute Gasteiger partial charge is 0.316 e. The van der Waals surface area contributed by atoms with Crippen LogP contribution in [-0.2, 0) is 6.54 Å². The van der Waals surface area contributed by atoms with E-state index in [1.165, 1.54) is 22.8 Å². The number of likely N-dealkylation sites (N-methyl/N-ethyl adjacent to an activating group) is 1. The fourth-order valence-corrected chi connectivity index (χ4v) is 3.69. The lowest BCUT2D eigenvalue weighted by Gasteiger charge is -2.26. The minimum atomic E-state index is -0.747. The van der Waals surface area contributed by atoms with E-state index in [0.717, 1.165) is 0 Å². The first-order valence-electron chi connectivity index (χ1n) is 9.40. The fraction of sp³-hybridized carbons (Fsp3) is 0.286. The number of nitrogens with one attached hydrogen (secondary N) is 2. The number of nitrogens with zero attached hydrogens (tertiary/aromatic N) is 2. The molecule has 2 N–H and O–H groups in total. The van der Waals surface area contributed by atoms with Crippen LogP contribution in [0.2, 0.25) is 5.02 Å². The zero-order valence-electron chi connectivity index (χ0n) is 16.8. The second-order valence-electron chi connectivity index (χ2n) is 7.06. The molecule has 2 aromatic carbocycles. The van der Waals surface area contributed by atoms with Crippen molar-refractivity contribution >= 4 is 28.5 Å². The summed E-state index contributed by atoms with van der Waals surface area (Å²) in [5, 5.41) is 3.07. The van der Waals surface area contributed by atoms with Crippen LogP contribution in [0.15, 0.2) is 46.0 Å². The molecule has 1 amide bonds. The molecule has 0 aliphatic carbocycles. The van der Waals surface area contributed by atoms with Crippen LogP contribution in [0.5, 0.6) is 0 Å². The van der Waals surface area contributed by atoms with Gasteiger partial charge in [0.25, 0.3) is 5.91 Å². The summed E-state index contributed by atoms with van der Waals surface area (Å²) >= 11 is 6.18. The van der Waals surface area contributed by atoms with E-state index >= 15 is 0 Å². The van der Waals surface area contributed by atoms with Crippen molar-refractivity contribution in [1.29, 1.82) is 0 Å². The van der Waals surface area contributed by atoms with Gasteiger partial charge in [0.1, 0.15) is 5.82 Å². The van der Waals surface area contributed by atoms with Crippen LogP contribution in [-0.4, -0.2) is 41.0 Å². The zero-order chi connectivity index (χ0) is 22.0. The van der Waals surface area contributed by atoms with Gasteiger partial charge in [0.15, 0.2) is 0 Å². The number of hydrogen-bond acceptors (Lipinski definition) is 4. The molecular weight excluding hydrogens is 411 g/mol. The first kappa shape index (κ1) is 21.7. The highest BCUT2D eigenvalue weighted by molar-refractivity contribution is 6.31. The van der Waals surface area contributed by atoms with Gasteiger partial charge in [-0.05, 0) is 51.4 Å². The van der Waals surface area contributed by atoms with Gasteiger partial charge >= 0.3 is 11.1 Å². The monoisotopic (exact) mass is 432 g/mol. The van der Waals surface area contributed by atoms with Crippen LogP contribution in [0, 0.1) is 5.82 Å². The van der Waals surface area contributed by atoms with E-state index in [1.807, 2.05) is 0 Å². The van der Waals surface area contributed by atoms with E-state index in [2.05, 4.69) is 10.3 Å². The van der Waals surface area contributed by atoms with Crippen LogP contribution in [0.25, 0.3) is 11.0 Å². The number of fused-ring (bicyclic) bond motifs is 1. The predicted molar refractivity (Wildman–Crippen MR) is 115 cm³/mol. The number of aromatic amines is 1. The Morgan fingerprint density at radius 3 is 2.63 bits per heavy atom. The molecule has 0 radical (unpaired) electrons. The van der Waals surface area contributed by atoms with Crippen molar-refractivity contribution < 1.29 is 9.18 Å². The minimum Gasteiger partial charge on any atom is -0.350 e. The molecule has 0 aliphatic rings. The summed E-state index contributed by atoms with van der Waals surface area (Å²) < 4.78 is 15.7. The van der Waals surface area contributed by atoms with E-state index < -0.39 is 28.9 Å². The fourth-order valence-electron chi connectivity index (χ4n) is 3.40. The molecule has 0 bridgehead atoms. The number of carbonyl (C=O) groups excluding carboxylic acids is 1. The maximum Gasteiger partial charge on any atom is 0.316 e. The summed E-state index contributed by atoms with van der Waals surface area (Å²) in [5.74, 6) is -0.845. The first-order chi connectivity index (χ1) is 14.2. The van der Waals surface area contributed by atoms with Crippen molar-refractivity contribution in [3.8, 4) is 0 Å². The molecule has 0 aliphatic heterocycles. The summed E-state index contributed by atoms with van der Waals surface area (Å²) in [6, 6.07) is 8.67. The van der Waals surface area contributed by atoms with Gasteiger partial charge in [-0.2, -0.15) is 0 Å². The third-order valence-corrected chi connectivity index (χ3v) is 5.30. The molecule has 7 nitrogen and oxygen atoms in total. The molecule has 1 aromatic heterocycles. The van der Waals surface area contributed by atoms with Crippen LogP contribution in [0.4, 0.5) is 4.39 Å². The average Bonchev–Trinajstić information content (AvgIpc) is 2.70. The summed E-state index contributed by atoms with van der Waals surface area (Å²) in [6.45, 7) is 2.21. The quantitative estimate of drug-likeness (QED) is 0.586. The second kappa shape index (κ2) is 8.81. The molecule has 3 rings (SSSR count). The third kappa shape index (κ3) is 4.15. The third-order valence-electron chi connectivity index (χ3n) is 4.97. The number of H-pyrrole nitrogens is 1. The van der Waals surface area contributed by atoms with Crippen molar-refractivity contribution in [2.24, 2.45) is 0 Å². The number of aromatic nitrogens is 2. The molecule has 0 spiro atoms. The second-order valence-corrected chi connectivity index (χ2v) is 7.47. The summed E-state index contributed by atoms with van der Waals surface area (Å²) in [6.07, 6.45) is 0. The highest BCUT2D eigenvalue weighted by atomic mass is 35.5. The van der Waals surface area contributed by atoms with Crippen molar-refractivity contribution in [2.75, 3.05) is 20.6 Å². The Balaban J connectivity index is 1.88. The maximum atomic E-state index is 14.3. The number of hydrogen-bond donors (Lipinski definition) is 2. The number of rotatable bonds is 6. The van der Waals surface area contributed by atoms with Gasteiger partial charge in [0.2, 0.25) is 0 Å². The van der Waals surface area contributed by atoms with E-state index in [1.54, 1.807) is 44.1 Å². The number of halogens is 2. The van der Waals surface area contributed by atoms with Gasteiger partial charge in [0.05, 0.1) is 17.1 Å². The summed E-state index contributed by atoms with van der Waals surface area (Å²) in [7, 11) is 3.54. The predicted octanol–water partition coefficient (Wildman–Crippen LogP) is 2.53. The lowest BCUT2D eigenvalue weighted by Crippen LogP contribution is -2.36. The van der Waals surface area contributed by atoms with Gasteiger partial charge in [-0.1, -0.05) is 17.7 Å². The van der Waals surface area contributed by atoms with Gasteiger partial charge in [-0.3, -0.25) is 14.4 Å². The molecular formula is C21H22ClFN4O3. The Hall–Kier alpha value is -2.97. The summed E-state index contributed by atoms with van der Waals surface area (Å²) in [5.41, 5.74) is 0.135. The Morgan fingerprint density at radius 2 is 2.00 bits per heavy atom. The molecule has 0 saturated carbocycles. The average molecular weight is 433 g/mol. The summed E-state index contributed by atoms with van der Waals surface area (Å²) in [4.78, 5) is 40.8. The van der Waals surface area contributed by atoms with Gasteiger partial charge in [0, 0.05) is 29.2 Å². The number of aryl methyl sites for hydroxylation is 1. The number of benzene rings is 2. The Kier molecular flexibility index (Phi) is 6.38. The minimum absolute atomic E-state index is 0.121. The Morgan fingerprint density at radius 1 is 1.27 bits per heavy atom.